The Morgan fingerprint density at radius 1 is 1.27 bits per heavy atom. The predicted octanol–water partition coefficient (Wildman–Crippen LogP) is 0.479. The minimum absolute atomic E-state index is 0.417. The fourth-order valence-electron chi connectivity index (χ4n) is 1.16. The highest BCUT2D eigenvalue weighted by molar-refractivity contribution is 7.89. The van der Waals surface area contributed by atoms with Crippen molar-refractivity contribution in [1.29, 1.82) is 0 Å². The van der Waals surface area contributed by atoms with Crippen molar-refractivity contribution in [3.05, 3.63) is 29.8 Å². The minimum atomic E-state index is -3.16. The Morgan fingerprint density at radius 3 is 2.73 bits per heavy atom. The maximum absolute atomic E-state index is 11.1. The summed E-state index contributed by atoms with van der Waals surface area (Å²) in [6.07, 6.45) is 0. The van der Waals surface area contributed by atoms with Crippen molar-refractivity contribution >= 4 is 10.0 Å². The van der Waals surface area contributed by atoms with Gasteiger partial charge in [0.25, 0.3) is 0 Å². The minimum Gasteiger partial charge on any atom is -0.207 e. The Morgan fingerprint density at radius 2 is 2.00 bits per heavy atom. The Balaban J connectivity index is 2.75. The van der Waals surface area contributed by atoms with E-state index in [0.29, 0.717) is 11.4 Å². The third kappa shape index (κ3) is 0.948. The van der Waals surface area contributed by atoms with E-state index in [1.165, 1.54) is 0 Å². The lowest BCUT2D eigenvalue weighted by Gasteiger charge is -1.92. The summed E-state index contributed by atoms with van der Waals surface area (Å²) >= 11 is 0. The Hall–Kier alpha value is -0.870. The van der Waals surface area contributed by atoms with Crippen LogP contribution in [-0.4, -0.2) is 8.42 Å². The van der Waals surface area contributed by atoms with Crippen LogP contribution in [0.5, 0.6) is 0 Å². The fourth-order valence-corrected chi connectivity index (χ4v) is 2.41. The van der Waals surface area contributed by atoms with Gasteiger partial charge in [-0.25, -0.2) is 13.1 Å². The molecule has 0 aromatic heterocycles. The molecular formula is C7H7NO2S. The lowest BCUT2D eigenvalue weighted by Crippen LogP contribution is -2.13. The molecule has 1 N–H and O–H groups in total. The molecular weight excluding hydrogens is 162 g/mol. The normalized spacial score (nSPS) is 19.6. The van der Waals surface area contributed by atoms with Crippen LogP contribution >= 0.6 is 0 Å². The number of nitrogens with one attached hydrogen (secondary N) is 1. The number of rotatable bonds is 0. The molecule has 0 spiro atoms. The molecule has 1 aliphatic rings. The zero-order valence-electron chi connectivity index (χ0n) is 5.74. The van der Waals surface area contributed by atoms with Gasteiger partial charge in [-0.1, -0.05) is 18.2 Å². The molecule has 11 heavy (non-hydrogen) atoms. The van der Waals surface area contributed by atoms with Crippen LogP contribution in [0.3, 0.4) is 0 Å². The maximum atomic E-state index is 11.1. The number of sulfonamides is 1. The Kier molecular flexibility index (Phi) is 1.27. The van der Waals surface area contributed by atoms with Crippen molar-refractivity contribution in [1.82, 2.24) is 4.72 Å². The molecule has 0 radical (unpaired) electrons. The molecule has 0 fully saturated rings. The summed E-state index contributed by atoms with van der Waals surface area (Å²) < 4.78 is 24.7. The van der Waals surface area contributed by atoms with E-state index in [0.717, 1.165) is 5.56 Å². The molecule has 3 nitrogen and oxygen atoms in total. The van der Waals surface area contributed by atoms with Crippen LogP contribution in [0.4, 0.5) is 0 Å². The summed E-state index contributed by atoms with van der Waals surface area (Å²) in [6.45, 7) is 0.429. The van der Waals surface area contributed by atoms with Gasteiger partial charge < -0.3 is 0 Å². The van der Waals surface area contributed by atoms with Crippen LogP contribution in [0.15, 0.2) is 29.2 Å². The highest BCUT2D eigenvalue weighted by Gasteiger charge is 2.23. The predicted molar refractivity (Wildman–Crippen MR) is 40.5 cm³/mol. The van der Waals surface area contributed by atoms with Gasteiger partial charge in [0, 0.05) is 6.54 Å². The van der Waals surface area contributed by atoms with E-state index < -0.39 is 10.0 Å². The van der Waals surface area contributed by atoms with Crippen LogP contribution in [-0.2, 0) is 16.6 Å². The molecule has 4 heteroatoms. The van der Waals surface area contributed by atoms with Crippen molar-refractivity contribution in [2.75, 3.05) is 0 Å². The third-order valence-corrected chi connectivity index (χ3v) is 3.22. The zero-order chi connectivity index (χ0) is 7.90. The van der Waals surface area contributed by atoms with E-state index in [9.17, 15) is 8.42 Å². The highest BCUT2D eigenvalue weighted by atomic mass is 32.2. The van der Waals surface area contributed by atoms with Crippen molar-refractivity contribution < 1.29 is 8.42 Å². The molecule has 0 saturated heterocycles. The second kappa shape index (κ2) is 2.06. The van der Waals surface area contributed by atoms with Gasteiger partial charge in [-0.15, -0.1) is 0 Å². The van der Waals surface area contributed by atoms with Crippen molar-refractivity contribution in [2.24, 2.45) is 0 Å². The van der Waals surface area contributed by atoms with Crippen LogP contribution < -0.4 is 4.72 Å². The molecule has 0 atom stereocenters. The lowest BCUT2D eigenvalue weighted by molar-refractivity contribution is 0.589. The second-order valence-electron chi connectivity index (χ2n) is 2.43. The first-order valence-corrected chi connectivity index (χ1v) is 4.76. The molecule has 0 unspecified atom stereocenters. The number of hydrogen-bond donors (Lipinski definition) is 1. The summed E-state index contributed by atoms with van der Waals surface area (Å²) in [5.41, 5.74) is 0.854. The Labute approximate surface area is 65.1 Å². The SMILES string of the molecule is O=S1(=O)NCc2ccccc21. The monoisotopic (exact) mass is 169 g/mol. The molecule has 1 aromatic carbocycles. The van der Waals surface area contributed by atoms with Crippen LogP contribution in [0.25, 0.3) is 0 Å². The largest absolute Gasteiger partial charge is 0.241 e. The van der Waals surface area contributed by atoms with Crippen molar-refractivity contribution in [2.45, 2.75) is 11.4 Å². The quantitative estimate of drug-likeness (QED) is 0.614. The lowest BCUT2D eigenvalue weighted by atomic mass is 10.2. The van der Waals surface area contributed by atoms with E-state index >= 15 is 0 Å². The second-order valence-corrected chi connectivity index (χ2v) is 4.17. The van der Waals surface area contributed by atoms with Gasteiger partial charge >= 0.3 is 0 Å². The molecule has 1 aliphatic heterocycles. The summed E-state index contributed by atoms with van der Waals surface area (Å²) in [5.74, 6) is 0. The van der Waals surface area contributed by atoms with E-state index in [1.54, 1.807) is 12.1 Å². The average Bonchev–Trinajstić information content (AvgIpc) is 2.29. The maximum Gasteiger partial charge on any atom is 0.241 e. The van der Waals surface area contributed by atoms with E-state index in [2.05, 4.69) is 4.72 Å². The third-order valence-electron chi connectivity index (χ3n) is 1.71. The average molecular weight is 169 g/mol. The van der Waals surface area contributed by atoms with Crippen LogP contribution in [0, 0.1) is 0 Å². The fraction of sp³-hybridized carbons (Fsp3) is 0.143. The number of benzene rings is 1. The van der Waals surface area contributed by atoms with Gasteiger partial charge in [0.1, 0.15) is 0 Å². The van der Waals surface area contributed by atoms with Crippen LogP contribution in [0.1, 0.15) is 5.56 Å². The van der Waals surface area contributed by atoms with Crippen molar-refractivity contribution in [3.63, 3.8) is 0 Å². The van der Waals surface area contributed by atoms with Gasteiger partial charge in [0.15, 0.2) is 0 Å². The van der Waals surface area contributed by atoms with Gasteiger partial charge in [-0.3, -0.25) is 0 Å². The van der Waals surface area contributed by atoms with E-state index in [4.69, 9.17) is 0 Å². The summed E-state index contributed by atoms with van der Waals surface area (Å²) in [5, 5.41) is 0. The highest BCUT2D eigenvalue weighted by Crippen LogP contribution is 2.20. The topological polar surface area (TPSA) is 46.2 Å². The molecule has 0 amide bonds. The molecule has 1 heterocycles. The molecule has 0 bridgehead atoms. The van der Waals surface area contributed by atoms with Gasteiger partial charge in [-0.2, -0.15) is 0 Å². The van der Waals surface area contributed by atoms with E-state index in [-0.39, 0.29) is 0 Å². The first-order valence-electron chi connectivity index (χ1n) is 3.28. The Bertz CT molecular complexity index is 383. The first kappa shape index (κ1) is 6.82. The molecule has 2 rings (SSSR count). The number of fused-ring (bicyclic) bond motifs is 1. The number of hydrogen-bond acceptors (Lipinski definition) is 2. The van der Waals surface area contributed by atoms with Crippen molar-refractivity contribution in [3.8, 4) is 0 Å². The standard InChI is InChI=1S/C7H7NO2S/c9-11(10)7-4-2-1-3-6(7)5-8-11/h1-4,8H,5H2. The van der Waals surface area contributed by atoms with Gasteiger partial charge in [-0.05, 0) is 11.6 Å². The summed E-state index contributed by atoms with van der Waals surface area (Å²) in [4.78, 5) is 0.417. The smallest absolute Gasteiger partial charge is 0.207 e. The van der Waals surface area contributed by atoms with E-state index in [1.807, 2.05) is 12.1 Å². The molecule has 58 valence electrons. The first-order chi connectivity index (χ1) is 5.20. The molecule has 0 aliphatic carbocycles. The summed E-state index contributed by atoms with van der Waals surface area (Å²) in [7, 11) is -3.16. The molecule has 0 saturated carbocycles. The summed E-state index contributed by atoms with van der Waals surface area (Å²) in [6, 6.07) is 6.99. The zero-order valence-corrected chi connectivity index (χ0v) is 6.56. The molecule has 1 aromatic rings. The van der Waals surface area contributed by atoms with Gasteiger partial charge in [0.2, 0.25) is 10.0 Å². The van der Waals surface area contributed by atoms with Crippen LogP contribution in [0.2, 0.25) is 0 Å². The van der Waals surface area contributed by atoms with Gasteiger partial charge in [0.05, 0.1) is 4.90 Å².